The molecule has 1 unspecified atom stereocenters. The fourth-order valence-corrected chi connectivity index (χ4v) is 2.77. The fourth-order valence-electron chi connectivity index (χ4n) is 2.42. The Morgan fingerprint density at radius 1 is 1.47 bits per heavy atom. The van der Waals surface area contributed by atoms with Crippen molar-refractivity contribution in [2.75, 3.05) is 25.0 Å². The Hall–Kier alpha value is -0.770. The van der Waals surface area contributed by atoms with Gasteiger partial charge < -0.3 is 5.32 Å². The molecule has 1 aliphatic rings. The molecule has 1 heterocycles. The Morgan fingerprint density at radius 3 is 3.00 bits per heavy atom. The lowest BCUT2D eigenvalue weighted by Gasteiger charge is -2.30. The van der Waals surface area contributed by atoms with Gasteiger partial charge in [0.25, 0.3) is 0 Å². The van der Waals surface area contributed by atoms with Gasteiger partial charge in [0.2, 0.25) is 5.91 Å². The van der Waals surface area contributed by atoms with Crippen molar-refractivity contribution in [2.45, 2.75) is 19.8 Å². The smallest absolute Gasteiger partial charge is 0.238 e. The molecule has 1 N–H and O–H groups in total. The number of halogens is 2. The molecule has 19 heavy (non-hydrogen) atoms. The number of anilines is 1. The average molecular weight is 301 g/mol. The summed E-state index contributed by atoms with van der Waals surface area (Å²) in [5, 5.41) is 3.66. The van der Waals surface area contributed by atoms with Crippen molar-refractivity contribution in [3.63, 3.8) is 0 Å². The Morgan fingerprint density at radius 2 is 2.26 bits per heavy atom. The van der Waals surface area contributed by atoms with E-state index in [9.17, 15) is 4.79 Å². The highest BCUT2D eigenvalue weighted by Crippen LogP contribution is 2.29. The molecule has 1 aliphatic heterocycles. The van der Waals surface area contributed by atoms with Gasteiger partial charge in [0, 0.05) is 6.54 Å². The minimum atomic E-state index is -0.0433. The quantitative estimate of drug-likeness (QED) is 0.924. The van der Waals surface area contributed by atoms with E-state index < -0.39 is 0 Å². The van der Waals surface area contributed by atoms with Crippen molar-refractivity contribution in [1.29, 1.82) is 0 Å². The van der Waals surface area contributed by atoms with Crippen LogP contribution in [0.5, 0.6) is 0 Å². The molecule has 1 fully saturated rings. The highest BCUT2D eigenvalue weighted by Gasteiger charge is 2.19. The van der Waals surface area contributed by atoms with Gasteiger partial charge in [0.05, 0.1) is 22.3 Å². The van der Waals surface area contributed by atoms with Gasteiger partial charge in [-0.2, -0.15) is 0 Å². The number of carbonyl (C=O) groups is 1. The van der Waals surface area contributed by atoms with Crippen LogP contribution < -0.4 is 5.32 Å². The average Bonchev–Trinajstić information content (AvgIpc) is 2.35. The van der Waals surface area contributed by atoms with Crippen LogP contribution in [0, 0.1) is 5.92 Å². The van der Waals surface area contributed by atoms with E-state index in [4.69, 9.17) is 23.2 Å². The van der Waals surface area contributed by atoms with Crippen LogP contribution in [0.15, 0.2) is 18.2 Å². The van der Waals surface area contributed by atoms with Crippen LogP contribution in [0.25, 0.3) is 0 Å². The molecule has 0 saturated carbocycles. The predicted molar refractivity (Wildman–Crippen MR) is 79.9 cm³/mol. The first-order valence-corrected chi connectivity index (χ1v) is 7.28. The third-order valence-electron chi connectivity index (χ3n) is 3.33. The zero-order chi connectivity index (χ0) is 13.8. The van der Waals surface area contributed by atoms with Crippen LogP contribution in [0.2, 0.25) is 10.0 Å². The Bertz CT molecular complexity index is 465. The van der Waals surface area contributed by atoms with Gasteiger partial charge in [-0.05, 0) is 37.4 Å². The number of rotatable bonds is 3. The molecular weight excluding hydrogens is 283 g/mol. The second-order valence-corrected chi connectivity index (χ2v) is 5.92. The van der Waals surface area contributed by atoms with E-state index in [-0.39, 0.29) is 5.91 Å². The third kappa shape index (κ3) is 4.10. The first-order valence-electron chi connectivity index (χ1n) is 6.52. The number of carbonyl (C=O) groups excluding carboxylic acids is 1. The molecule has 1 aromatic rings. The number of hydrogen-bond donors (Lipinski definition) is 1. The molecular formula is C14H18Cl2N2O. The summed E-state index contributed by atoms with van der Waals surface area (Å²) in [6.07, 6.45) is 2.41. The molecule has 0 bridgehead atoms. The lowest BCUT2D eigenvalue weighted by atomic mass is 10.0. The van der Waals surface area contributed by atoms with Crippen molar-refractivity contribution in [2.24, 2.45) is 5.92 Å². The summed E-state index contributed by atoms with van der Waals surface area (Å²) >= 11 is 12.0. The lowest BCUT2D eigenvalue weighted by Crippen LogP contribution is -2.39. The summed E-state index contributed by atoms with van der Waals surface area (Å²) in [5.41, 5.74) is 0.573. The highest BCUT2D eigenvalue weighted by atomic mass is 35.5. The number of benzene rings is 1. The van der Waals surface area contributed by atoms with Crippen LogP contribution in [0.4, 0.5) is 5.69 Å². The van der Waals surface area contributed by atoms with Gasteiger partial charge in [-0.3, -0.25) is 9.69 Å². The molecule has 1 atom stereocenters. The minimum absolute atomic E-state index is 0.0433. The molecule has 3 nitrogen and oxygen atoms in total. The van der Waals surface area contributed by atoms with Crippen molar-refractivity contribution < 1.29 is 4.79 Å². The Balaban J connectivity index is 1.92. The number of hydrogen-bond acceptors (Lipinski definition) is 2. The molecule has 5 heteroatoms. The largest absolute Gasteiger partial charge is 0.324 e. The van der Waals surface area contributed by atoms with E-state index in [1.807, 2.05) is 0 Å². The van der Waals surface area contributed by atoms with E-state index >= 15 is 0 Å². The Labute approximate surface area is 123 Å². The number of likely N-dealkylation sites (tertiary alicyclic amines) is 1. The van der Waals surface area contributed by atoms with Gasteiger partial charge in [0.1, 0.15) is 0 Å². The monoisotopic (exact) mass is 300 g/mol. The van der Waals surface area contributed by atoms with Crippen LogP contribution in [0.3, 0.4) is 0 Å². The van der Waals surface area contributed by atoms with Crippen molar-refractivity contribution in [3.8, 4) is 0 Å². The minimum Gasteiger partial charge on any atom is -0.324 e. The summed E-state index contributed by atoms with van der Waals surface area (Å²) in [4.78, 5) is 14.2. The standard InChI is InChI=1S/C14H18Cl2N2O/c1-10-4-3-7-18(8-10)9-13(19)17-12-6-2-5-11(15)14(12)16/h2,5-6,10H,3-4,7-9H2,1H3,(H,17,19). The van der Waals surface area contributed by atoms with Gasteiger partial charge in [0.15, 0.2) is 0 Å². The van der Waals surface area contributed by atoms with Gasteiger partial charge >= 0.3 is 0 Å². The van der Waals surface area contributed by atoms with E-state index in [0.717, 1.165) is 19.5 Å². The van der Waals surface area contributed by atoms with Crippen LogP contribution >= 0.6 is 23.2 Å². The summed E-state index contributed by atoms with van der Waals surface area (Å²) in [5.74, 6) is 0.620. The second-order valence-electron chi connectivity index (χ2n) is 5.13. The normalized spacial score (nSPS) is 20.3. The molecule has 0 radical (unpaired) electrons. The van der Waals surface area contributed by atoms with Gasteiger partial charge in [-0.15, -0.1) is 0 Å². The van der Waals surface area contributed by atoms with Crippen molar-refractivity contribution >= 4 is 34.8 Å². The topological polar surface area (TPSA) is 32.3 Å². The van der Waals surface area contributed by atoms with Crippen molar-refractivity contribution in [3.05, 3.63) is 28.2 Å². The zero-order valence-electron chi connectivity index (χ0n) is 11.0. The molecule has 104 valence electrons. The number of amides is 1. The first-order chi connectivity index (χ1) is 9.06. The first kappa shape index (κ1) is 14.6. The predicted octanol–water partition coefficient (Wildman–Crippen LogP) is 3.66. The zero-order valence-corrected chi connectivity index (χ0v) is 12.5. The fraction of sp³-hybridized carbons (Fsp3) is 0.500. The number of piperidine rings is 1. The van der Waals surface area contributed by atoms with Gasteiger partial charge in [-0.25, -0.2) is 0 Å². The highest BCUT2D eigenvalue weighted by molar-refractivity contribution is 6.43. The molecule has 2 rings (SSSR count). The maximum absolute atomic E-state index is 12.0. The molecule has 0 aliphatic carbocycles. The SMILES string of the molecule is CC1CCCN(CC(=O)Nc2cccc(Cl)c2Cl)C1. The maximum Gasteiger partial charge on any atom is 0.238 e. The van der Waals surface area contributed by atoms with Crippen LogP contribution in [-0.2, 0) is 4.79 Å². The van der Waals surface area contributed by atoms with E-state index in [1.54, 1.807) is 18.2 Å². The third-order valence-corrected chi connectivity index (χ3v) is 4.15. The summed E-state index contributed by atoms with van der Waals surface area (Å²) in [6, 6.07) is 5.23. The van der Waals surface area contributed by atoms with E-state index in [2.05, 4.69) is 17.1 Å². The summed E-state index contributed by atoms with van der Waals surface area (Å²) < 4.78 is 0. The van der Waals surface area contributed by atoms with Crippen LogP contribution in [0.1, 0.15) is 19.8 Å². The maximum atomic E-state index is 12.0. The van der Waals surface area contributed by atoms with Crippen LogP contribution in [-0.4, -0.2) is 30.4 Å². The number of nitrogens with one attached hydrogen (secondary N) is 1. The second kappa shape index (κ2) is 6.60. The summed E-state index contributed by atoms with van der Waals surface area (Å²) in [6.45, 7) is 4.60. The summed E-state index contributed by atoms with van der Waals surface area (Å²) in [7, 11) is 0. The molecule has 0 spiro atoms. The molecule has 1 aromatic carbocycles. The van der Waals surface area contributed by atoms with E-state index in [1.165, 1.54) is 6.42 Å². The number of nitrogens with zero attached hydrogens (tertiary/aromatic N) is 1. The van der Waals surface area contributed by atoms with Crippen molar-refractivity contribution in [1.82, 2.24) is 4.90 Å². The Kier molecular flexibility index (Phi) is 5.08. The van der Waals surface area contributed by atoms with Gasteiger partial charge in [-0.1, -0.05) is 36.2 Å². The molecule has 0 aromatic heterocycles. The molecule has 1 saturated heterocycles. The molecule has 1 amide bonds. The lowest BCUT2D eigenvalue weighted by molar-refractivity contribution is -0.117. The van der Waals surface area contributed by atoms with E-state index in [0.29, 0.717) is 28.2 Å².